The highest BCUT2D eigenvalue weighted by atomic mass is 16.5. The molecule has 0 atom stereocenters. The summed E-state index contributed by atoms with van der Waals surface area (Å²) < 4.78 is 7.74. The Hall–Kier alpha value is -2.86. The van der Waals surface area contributed by atoms with E-state index in [1.165, 1.54) is 0 Å². The van der Waals surface area contributed by atoms with Crippen molar-refractivity contribution in [3.8, 4) is 5.75 Å². The first-order valence-corrected chi connectivity index (χ1v) is 10.2. The van der Waals surface area contributed by atoms with Crippen LogP contribution in [0.25, 0.3) is 11.0 Å². The van der Waals surface area contributed by atoms with E-state index in [2.05, 4.69) is 35.4 Å². The molecule has 1 N–H and O–H groups in total. The van der Waals surface area contributed by atoms with Gasteiger partial charge in [0.25, 0.3) is 0 Å². The molecule has 0 aliphatic rings. The molecule has 1 heterocycles. The van der Waals surface area contributed by atoms with Crippen LogP contribution in [0.5, 0.6) is 5.75 Å². The molecule has 0 saturated heterocycles. The third kappa shape index (κ3) is 4.95. The second-order valence-corrected chi connectivity index (χ2v) is 6.97. The van der Waals surface area contributed by atoms with Crippen molar-refractivity contribution >= 4 is 17.0 Å². The SMILES string of the molecule is CCOc1ccc(Cc2nc3cc(C(=O)O)ccc3n2CCN(CC)CC)cc1. The first-order valence-electron chi connectivity index (χ1n) is 10.2. The number of ether oxygens (including phenoxy) is 1. The molecule has 3 rings (SSSR count). The lowest BCUT2D eigenvalue weighted by Gasteiger charge is -2.19. The fourth-order valence-corrected chi connectivity index (χ4v) is 3.53. The number of carboxylic acids is 1. The van der Waals surface area contributed by atoms with Crippen LogP contribution in [0.4, 0.5) is 0 Å². The Kier molecular flexibility index (Phi) is 6.88. The van der Waals surface area contributed by atoms with Crippen molar-refractivity contribution in [3.05, 3.63) is 59.4 Å². The van der Waals surface area contributed by atoms with E-state index in [0.717, 1.165) is 54.3 Å². The molecule has 0 unspecified atom stereocenters. The zero-order chi connectivity index (χ0) is 20.8. The highest BCUT2D eigenvalue weighted by Crippen LogP contribution is 2.22. The number of rotatable bonds is 10. The molecule has 0 fully saturated rings. The average molecular weight is 396 g/mol. The lowest BCUT2D eigenvalue weighted by atomic mass is 10.1. The van der Waals surface area contributed by atoms with Gasteiger partial charge in [0.1, 0.15) is 11.6 Å². The third-order valence-electron chi connectivity index (χ3n) is 5.21. The molecular weight excluding hydrogens is 366 g/mol. The Bertz CT molecular complexity index is 959. The van der Waals surface area contributed by atoms with Crippen molar-refractivity contribution in [2.24, 2.45) is 0 Å². The molecule has 3 aromatic rings. The highest BCUT2D eigenvalue weighted by Gasteiger charge is 2.14. The van der Waals surface area contributed by atoms with Crippen LogP contribution in [0, 0.1) is 0 Å². The summed E-state index contributed by atoms with van der Waals surface area (Å²) in [4.78, 5) is 18.5. The van der Waals surface area contributed by atoms with E-state index in [1.807, 2.05) is 25.1 Å². The molecule has 0 bridgehead atoms. The van der Waals surface area contributed by atoms with E-state index < -0.39 is 5.97 Å². The number of likely N-dealkylation sites (N-methyl/N-ethyl adjacent to an activating group) is 1. The van der Waals surface area contributed by atoms with E-state index in [4.69, 9.17) is 9.72 Å². The topological polar surface area (TPSA) is 67.6 Å². The van der Waals surface area contributed by atoms with Crippen LogP contribution in [0.15, 0.2) is 42.5 Å². The quantitative estimate of drug-likeness (QED) is 0.561. The normalized spacial score (nSPS) is 11.3. The number of carboxylic acid groups (broad SMARTS) is 1. The molecule has 0 aliphatic heterocycles. The van der Waals surface area contributed by atoms with Gasteiger partial charge in [-0.1, -0.05) is 26.0 Å². The standard InChI is InChI=1S/C23H29N3O3/c1-4-25(5-2)13-14-26-21-12-9-18(23(27)28)16-20(21)24-22(26)15-17-7-10-19(11-8-17)29-6-3/h7-12,16H,4-6,13-15H2,1-3H3,(H,27,28). The first-order chi connectivity index (χ1) is 14.0. The summed E-state index contributed by atoms with van der Waals surface area (Å²) in [6.45, 7) is 10.7. The van der Waals surface area contributed by atoms with E-state index >= 15 is 0 Å². The van der Waals surface area contributed by atoms with Crippen molar-refractivity contribution in [3.63, 3.8) is 0 Å². The van der Waals surface area contributed by atoms with Crippen LogP contribution < -0.4 is 4.74 Å². The minimum absolute atomic E-state index is 0.263. The fourth-order valence-electron chi connectivity index (χ4n) is 3.53. The van der Waals surface area contributed by atoms with Crippen LogP contribution in [0.2, 0.25) is 0 Å². The van der Waals surface area contributed by atoms with Crippen LogP contribution in [-0.4, -0.2) is 51.8 Å². The van der Waals surface area contributed by atoms with Gasteiger partial charge < -0.3 is 19.3 Å². The van der Waals surface area contributed by atoms with Crippen molar-refractivity contribution in [1.29, 1.82) is 0 Å². The van der Waals surface area contributed by atoms with Gasteiger partial charge in [-0.15, -0.1) is 0 Å². The number of hydrogen-bond acceptors (Lipinski definition) is 4. The number of aromatic nitrogens is 2. The lowest BCUT2D eigenvalue weighted by molar-refractivity contribution is 0.0697. The van der Waals surface area contributed by atoms with Gasteiger partial charge in [0, 0.05) is 19.5 Å². The van der Waals surface area contributed by atoms with Gasteiger partial charge in [-0.3, -0.25) is 0 Å². The predicted octanol–water partition coefficient (Wildman–Crippen LogP) is 4.07. The second-order valence-electron chi connectivity index (χ2n) is 6.97. The lowest BCUT2D eigenvalue weighted by Crippen LogP contribution is -2.27. The fraction of sp³-hybridized carbons (Fsp3) is 0.391. The molecule has 0 amide bonds. The van der Waals surface area contributed by atoms with Gasteiger partial charge in [0.05, 0.1) is 23.2 Å². The molecule has 6 nitrogen and oxygen atoms in total. The number of carbonyl (C=O) groups is 1. The van der Waals surface area contributed by atoms with Crippen molar-refractivity contribution in [1.82, 2.24) is 14.5 Å². The smallest absolute Gasteiger partial charge is 0.335 e. The van der Waals surface area contributed by atoms with Crippen molar-refractivity contribution in [2.45, 2.75) is 33.7 Å². The maximum absolute atomic E-state index is 11.4. The number of hydrogen-bond donors (Lipinski definition) is 1. The second kappa shape index (κ2) is 9.56. The maximum Gasteiger partial charge on any atom is 0.335 e. The Morgan fingerprint density at radius 2 is 1.83 bits per heavy atom. The molecular formula is C23H29N3O3. The van der Waals surface area contributed by atoms with Gasteiger partial charge in [-0.2, -0.15) is 0 Å². The molecule has 6 heteroatoms. The Morgan fingerprint density at radius 1 is 1.10 bits per heavy atom. The number of nitrogens with zero attached hydrogens (tertiary/aromatic N) is 3. The molecule has 29 heavy (non-hydrogen) atoms. The molecule has 2 aromatic carbocycles. The zero-order valence-electron chi connectivity index (χ0n) is 17.4. The van der Waals surface area contributed by atoms with E-state index in [-0.39, 0.29) is 5.56 Å². The summed E-state index contributed by atoms with van der Waals surface area (Å²) in [5.41, 5.74) is 3.11. The first kappa shape index (κ1) is 20.9. The summed E-state index contributed by atoms with van der Waals surface area (Å²) in [7, 11) is 0. The van der Waals surface area contributed by atoms with Gasteiger partial charge in [0.15, 0.2) is 0 Å². The van der Waals surface area contributed by atoms with E-state index in [0.29, 0.717) is 13.0 Å². The average Bonchev–Trinajstić information content (AvgIpc) is 3.06. The molecule has 154 valence electrons. The Labute approximate surface area is 171 Å². The maximum atomic E-state index is 11.4. The summed E-state index contributed by atoms with van der Waals surface area (Å²) in [5, 5.41) is 9.31. The zero-order valence-corrected chi connectivity index (χ0v) is 17.4. The number of benzene rings is 2. The molecule has 0 spiro atoms. The van der Waals surface area contributed by atoms with Gasteiger partial charge >= 0.3 is 5.97 Å². The van der Waals surface area contributed by atoms with Crippen LogP contribution in [-0.2, 0) is 13.0 Å². The molecule has 0 saturated carbocycles. The minimum atomic E-state index is -0.933. The Morgan fingerprint density at radius 3 is 2.45 bits per heavy atom. The number of fused-ring (bicyclic) bond motifs is 1. The van der Waals surface area contributed by atoms with Crippen molar-refractivity contribution < 1.29 is 14.6 Å². The van der Waals surface area contributed by atoms with E-state index in [1.54, 1.807) is 12.1 Å². The van der Waals surface area contributed by atoms with Crippen molar-refractivity contribution in [2.75, 3.05) is 26.2 Å². The van der Waals surface area contributed by atoms with Gasteiger partial charge in [-0.25, -0.2) is 9.78 Å². The van der Waals surface area contributed by atoms with E-state index in [9.17, 15) is 9.90 Å². The number of aromatic carboxylic acids is 1. The minimum Gasteiger partial charge on any atom is -0.494 e. The third-order valence-corrected chi connectivity index (χ3v) is 5.21. The van der Waals surface area contributed by atoms with Gasteiger partial charge in [-0.05, 0) is 55.9 Å². The number of imidazole rings is 1. The summed E-state index contributed by atoms with van der Waals surface area (Å²) in [6, 6.07) is 13.3. The Balaban J connectivity index is 1.94. The summed E-state index contributed by atoms with van der Waals surface area (Å²) in [6.07, 6.45) is 0.682. The highest BCUT2D eigenvalue weighted by molar-refractivity contribution is 5.92. The summed E-state index contributed by atoms with van der Waals surface area (Å²) >= 11 is 0. The summed E-state index contributed by atoms with van der Waals surface area (Å²) in [5.74, 6) is 0.869. The largest absolute Gasteiger partial charge is 0.494 e. The van der Waals surface area contributed by atoms with Crippen LogP contribution in [0.3, 0.4) is 0 Å². The van der Waals surface area contributed by atoms with Crippen LogP contribution >= 0.6 is 0 Å². The molecule has 0 aliphatic carbocycles. The van der Waals surface area contributed by atoms with Crippen LogP contribution in [0.1, 0.15) is 42.5 Å². The molecule has 1 aromatic heterocycles. The monoisotopic (exact) mass is 395 g/mol. The predicted molar refractivity (Wildman–Crippen MR) is 115 cm³/mol. The molecule has 0 radical (unpaired) electrons. The van der Waals surface area contributed by atoms with Gasteiger partial charge in [0.2, 0.25) is 0 Å².